The molecule has 0 radical (unpaired) electrons. The SMILES string of the molecule is Cc1ccc(Cl)c(Cl)c1Oc1ccc(C(=O)O)cc1. The number of hydrogen-bond acceptors (Lipinski definition) is 2. The number of halogens is 2. The highest BCUT2D eigenvalue weighted by atomic mass is 35.5. The number of aryl methyl sites for hydroxylation is 1. The molecule has 0 amide bonds. The predicted molar refractivity (Wildman–Crippen MR) is 74.7 cm³/mol. The van der Waals surface area contributed by atoms with E-state index in [1.807, 2.05) is 6.92 Å². The molecule has 0 aliphatic carbocycles. The number of benzene rings is 2. The summed E-state index contributed by atoms with van der Waals surface area (Å²) in [5.74, 6) is -0.0157. The van der Waals surface area contributed by atoms with Gasteiger partial charge in [-0.25, -0.2) is 4.79 Å². The van der Waals surface area contributed by atoms with Gasteiger partial charge in [0.15, 0.2) is 0 Å². The molecular formula is C14H10Cl2O3. The highest BCUT2D eigenvalue weighted by Crippen LogP contribution is 2.37. The third-order valence-corrected chi connectivity index (χ3v) is 3.35. The van der Waals surface area contributed by atoms with E-state index >= 15 is 0 Å². The standard InChI is InChI=1S/C14H10Cl2O3/c1-8-2-7-11(15)12(16)13(8)19-10-5-3-9(4-6-10)14(17)18/h2-7H,1H3,(H,17,18). The number of carbonyl (C=O) groups is 1. The number of ether oxygens (including phenoxy) is 1. The van der Waals surface area contributed by atoms with Gasteiger partial charge in [-0.05, 0) is 42.8 Å². The van der Waals surface area contributed by atoms with Gasteiger partial charge in [0, 0.05) is 0 Å². The van der Waals surface area contributed by atoms with Crippen LogP contribution in [0, 0.1) is 6.92 Å². The molecule has 0 bridgehead atoms. The molecular weight excluding hydrogens is 287 g/mol. The Bertz CT molecular complexity index is 621. The predicted octanol–water partition coefficient (Wildman–Crippen LogP) is 4.79. The van der Waals surface area contributed by atoms with Crippen LogP contribution in [0.2, 0.25) is 10.0 Å². The first-order chi connectivity index (χ1) is 8.99. The summed E-state index contributed by atoms with van der Waals surface area (Å²) in [4.78, 5) is 10.7. The van der Waals surface area contributed by atoms with Crippen molar-refractivity contribution in [1.29, 1.82) is 0 Å². The van der Waals surface area contributed by atoms with E-state index in [4.69, 9.17) is 33.0 Å². The summed E-state index contributed by atoms with van der Waals surface area (Å²) >= 11 is 12.0. The minimum absolute atomic E-state index is 0.196. The van der Waals surface area contributed by atoms with Crippen molar-refractivity contribution in [1.82, 2.24) is 0 Å². The van der Waals surface area contributed by atoms with Gasteiger partial charge in [-0.2, -0.15) is 0 Å². The highest BCUT2D eigenvalue weighted by Gasteiger charge is 2.11. The Balaban J connectivity index is 2.31. The summed E-state index contributed by atoms with van der Waals surface area (Å²) in [5, 5.41) is 9.55. The molecule has 0 aromatic heterocycles. The van der Waals surface area contributed by atoms with Gasteiger partial charge in [0.25, 0.3) is 0 Å². The quantitative estimate of drug-likeness (QED) is 0.885. The molecule has 0 saturated carbocycles. The van der Waals surface area contributed by atoms with Crippen LogP contribution in [-0.2, 0) is 0 Å². The fraction of sp³-hybridized carbons (Fsp3) is 0.0714. The lowest BCUT2D eigenvalue weighted by molar-refractivity contribution is 0.0697. The Labute approximate surface area is 120 Å². The maximum Gasteiger partial charge on any atom is 0.335 e. The second-order valence-electron chi connectivity index (χ2n) is 3.94. The smallest absolute Gasteiger partial charge is 0.335 e. The van der Waals surface area contributed by atoms with Gasteiger partial charge in [0.1, 0.15) is 16.5 Å². The molecule has 5 heteroatoms. The van der Waals surface area contributed by atoms with Crippen LogP contribution in [0.25, 0.3) is 0 Å². The lowest BCUT2D eigenvalue weighted by Crippen LogP contribution is -1.95. The molecule has 0 atom stereocenters. The zero-order chi connectivity index (χ0) is 14.0. The average Bonchev–Trinajstić information content (AvgIpc) is 2.40. The van der Waals surface area contributed by atoms with Crippen molar-refractivity contribution in [3.05, 3.63) is 57.6 Å². The average molecular weight is 297 g/mol. The first-order valence-electron chi connectivity index (χ1n) is 5.45. The van der Waals surface area contributed by atoms with E-state index in [1.54, 1.807) is 24.3 Å². The zero-order valence-corrected chi connectivity index (χ0v) is 11.5. The van der Waals surface area contributed by atoms with Crippen LogP contribution in [0.1, 0.15) is 15.9 Å². The lowest BCUT2D eigenvalue weighted by atomic mass is 10.2. The summed E-state index contributed by atoms with van der Waals surface area (Å²) in [5.41, 5.74) is 1.04. The first kappa shape index (κ1) is 13.7. The van der Waals surface area contributed by atoms with Gasteiger partial charge in [0.2, 0.25) is 0 Å². The van der Waals surface area contributed by atoms with E-state index in [0.29, 0.717) is 21.5 Å². The molecule has 0 unspecified atom stereocenters. The van der Waals surface area contributed by atoms with Crippen molar-refractivity contribution in [2.24, 2.45) is 0 Å². The molecule has 2 aromatic carbocycles. The molecule has 98 valence electrons. The maximum atomic E-state index is 10.7. The van der Waals surface area contributed by atoms with Crippen molar-refractivity contribution in [3.8, 4) is 11.5 Å². The Kier molecular flexibility index (Phi) is 3.98. The van der Waals surface area contributed by atoms with E-state index in [-0.39, 0.29) is 5.56 Å². The molecule has 0 aliphatic heterocycles. The van der Waals surface area contributed by atoms with Crippen LogP contribution in [0.5, 0.6) is 11.5 Å². The van der Waals surface area contributed by atoms with Crippen LogP contribution in [0.3, 0.4) is 0 Å². The van der Waals surface area contributed by atoms with Gasteiger partial charge in [-0.3, -0.25) is 0 Å². The molecule has 19 heavy (non-hydrogen) atoms. The number of aromatic carboxylic acids is 1. The fourth-order valence-electron chi connectivity index (χ4n) is 1.54. The van der Waals surface area contributed by atoms with Crippen molar-refractivity contribution in [2.45, 2.75) is 6.92 Å². The molecule has 0 saturated heterocycles. The van der Waals surface area contributed by atoms with E-state index in [1.165, 1.54) is 12.1 Å². The fourth-order valence-corrected chi connectivity index (χ4v) is 1.94. The van der Waals surface area contributed by atoms with Gasteiger partial charge >= 0.3 is 5.97 Å². The zero-order valence-electron chi connectivity index (χ0n) is 9.98. The Morgan fingerprint density at radius 3 is 2.32 bits per heavy atom. The number of rotatable bonds is 3. The molecule has 0 heterocycles. The summed E-state index contributed by atoms with van der Waals surface area (Å²) < 4.78 is 5.65. The summed E-state index contributed by atoms with van der Waals surface area (Å²) in [6, 6.07) is 9.56. The first-order valence-corrected chi connectivity index (χ1v) is 6.20. The molecule has 1 N–H and O–H groups in total. The van der Waals surface area contributed by atoms with E-state index in [0.717, 1.165) is 5.56 Å². The maximum absolute atomic E-state index is 10.7. The number of hydrogen-bond donors (Lipinski definition) is 1. The van der Waals surface area contributed by atoms with Gasteiger partial charge in [-0.15, -0.1) is 0 Å². The Morgan fingerprint density at radius 2 is 1.74 bits per heavy atom. The lowest BCUT2D eigenvalue weighted by Gasteiger charge is -2.11. The molecule has 0 aliphatic rings. The Hall–Kier alpha value is -1.71. The number of carboxylic acid groups (broad SMARTS) is 1. The molecule has 2 aromatic rings. The van der Waals surface area contributed by atoms with Crippen LogP contribution in [0.15, 0.2) is 36.4 Å². The van der Waals surface area contributed by atoms with Gasteiger partial charge in [0.05, 0.1) is 10.6 Å². The third-order valence-electron chi connectivity index (χ3n) is 2.57. The number of carboxylic acids is 1. The Morgan fingerprint density at radius 1 is 1.11 bits per heavy atom. The van der Waals surface area contributed by atoms with E-state index in [2.05, 4.69) is 0 Å². The summed E-state index contributed by atoms with van der Waals surface area (Å²) in [6.45, 7) is 1.85. The van der Waals surface area contributed by atoms with Gasteiger partial charge < -0.3 is 9.84 Å². The van der Waals surface area contributed by atoms with Crippen LogP contribution in [-0.4, -0.2) is 11.1 Å². The van der Waals surface area contributed by atoms with Crippen molar-refractivity contribution in [2.75, 3.05) is 0 Å². The monoisotopic (exact) mass is 296 g/mol. The minimum Gasteiger partial charge on any atom is -0.478 e. The van der Waals surface area contributed by atoms with Crippen molar-refractivity contribution < 1.29 is 14.6 Å². The molecule has 2 rings (SSSR count). The minimum atomic E-state index is -0.983. The molecule has 0 spiro atoms. The van der Waals surface area contributed by atoms with E-state index < -0.39 is 5.97 Å². The normalized spacial score (nSPS) is 10.3. The molecule has 3 nitrogen and oxygen atoms in total. The van der Waals surface area contributed by atoms with Crippen molar-refractivity contribution >= 4 is 29.2 Å². The van der Waals surface area contributed by atoms with Gasteiger partial charge in [-0.1, -0.05) is 29.3 Å². The van der Waals surface area contributed by atoms with Crippen LogP contribution >= 0.6 is 23.2 Å². The summed E-state index contributed by atoms with van der Waals surface area (Å²) in [7, 11) is 0. The van der Waals surface area contributed by atoms with E-state index in [9.17, 15) is 4.79 Å². The van der Waals surface area contributed by atoms with Crippen LogP contribution in [0.4, 0.5) is 0 Å². The van der Waals surface area contributed by atoms with Crippen molar-refractivity contribution in [3.63, 3.8) is 0 Å². The second-order valence-corrected chi connectivity index (χ2v) is 4.72. The summed E-state index contributed by atoms with van der Waals surface area (Å²) in [6.07, 6.45) is 0. The third kappa shape index (κ3) is 3.00. The molecule has 0 fully saturated rings. The van der Waals surface area contributed by atoms with Crippen LogP contribution < -0.4 is 4.74 Å². The topological polar surface area (TPSA) is 46.5 Å². The highest BCUT2D eigenvalue weighted by molar-refractivity contribution is 6.43. The second kappa shape index (κ2) is 5.51. The largest absolute Gasteiger partial charge is 0.478 e.